The third kappa shape index (κ3) is 8.17. The van der Waals surface area contributed by atoms with E-state index in [1.807, 2.05) is 24.3 Å². The number of ether oxygens (including phenoxy) is 2. The second kappa shape index (κ2) is 11.2. The molecule has 0 saturated carbocycles. The van der Waals surface area contributed by atoms with Crippen LogP contribution in [0.3, 0.4) is 0 Å². The van der Waals surface area contributed by atoms with Gasteiger partial charge in [-0.3, -0.25) is 0 Å². The number of aryl methyl sites for hydroxylation is 1. The van der Waals surface area contributed by atoms with E-state index >= 15 is 0 Å². The molecule has 0 bridgehead atoms. The average Bonchev–Trinajstić information content (AvgIpc) is 2.53. The number of hydrogen-bond acceptors (Lipinski definition) is 3. The summed E-state index contributed by atoms with van der Waals surface area (Å²) in [4.78, 5) is 12.3. The Hall–Kier alpha value is -1.35. The standard InChI is InChI=1S/C20H32O3/c1-5-6-9-17-11-13-18(14-12-17)20(21)23-19(15-22-4)10-7-8-16(2)3/h11-14,16,19H,5-10,15H2,1-4H3. The fourth-order valence-electron chi connectivity index (χ4n) is 2.52. The van der Waals surface area contributed by atoms with Gasteiger partial charge >= 0.3 is 5.97 Å². The maximum atomic E-state index is 12.3. The smallest absolute Gasteiger partial charge is 0.338 e. The number of esters is 1. The molecule has 1 aromatic carbocycles. The monoisotopic (exact) mass is 320 g/mol. The first-order valence-corrected chi connectivity index (χ1v) is 8.85. The van der Waals surface area contributed by atoms with Gasteiger partial charge in [-0.05, 0) is 49.3 Å². The molecule has 1 unspecified atom stereocenters. The van der Waals surface area contributed by atoms with Crippen LogP contribution >= 0.6 is 0 Å². The lowest BCUT2D eigenvalue weighted by atomic mass is 10.0. The van der Waals surface area contributed by atoms with Crippen molar-refractivity contribution in [2.24, 2.45) is 5.92 Å². The summed E-state index contributed by atoms with van der Waals surface area (Å²) < 4.78 is 10.8. The maximum absolute atomic E-state index is 12.3. The molecule has 0 fully saturated rings. The molecule has 0 amide bonds. The fourth-order valence-corrected chi connectivity index (χ4v) is 2.52. The molecule has 130 valence electrons. The van der Waals surface area contributed by atoms with Gasteiger partial charge in [-0.25, -0.2) is 4.79 Å². The summed E-state index contributed by atoms with van der Waals surface area (Å²) in [6.45, 7) is 7.05. The highest BCUT2D eigenvalue weighted by atomic mass is 16.6. The van der Waals surface area contributed by atoms with E-state index in [1.165, 1.54) is 18.4 Å². The second-order valence-electron chi connectivity index (χ2n) is 6.61. The van der Waals surface area contributed by atoms with Gasteiger partial charge < -0.3 is 9.47 Å². The van der Waals surface area contributed by atoms with Gasteiger partial charge in [-0.15, -0.1) is 0 Å². The summed E-state index contributed by atoms with van der Waals surface area (Å²) in [6, 6.07) is 7.78. The van der Waals surface area contributed by atoms with E-state index in [1.54, 1.807) is 7.11 Å². The summed E-state index contributed by atoms with van der Waals surface area (Å²) in [6.07, 6.45) is 6.30. The van der Waals surface area contributed by atoms with Gasteiger partial charge in [0.1, 0.15) is 6.10 Å². The zero-order valence-electron chi connectivity index (χ0n) is 15.1. The Balaban J connectivity index is 2.52. The van der Waals surface area contributed by atoms with Crippen molar-refractivity contribution in [2.75, 3.05) is 13.7 Å². The van der Waals surface area contributed by atoms with Crippen LogP contribution in [0.4, 0.5) is 0 Å². The summed E-state index contributed by atoms with van der Waals surface area (Å²) in [5, 5.41) is 0. The topological polar surface area (TPSA) is 35.5 Å². The van der Waals surface area contributed by atoms with Crippen LogP contribution in [0.25, 0.3) is 0 Å². The minimum atomic E-state index is -0.251. The van der Waals surface area contributed by atoms with E-state index in [2.05, 4.69) is 20.8 Å². The van der Waals surface area contributed by atoms with Crippen LogP contribution in [-0.4, -0.2) is 25.8 Å². The van der Waals surface area contributed by atoms with E-state index in [0.717, 1.165) is 25.7 Å². The van der Waals surface area contributed by atoms with Crippen molar-refractivity contribution in [1.29, 1.82) is 0 Å². The quantitative estimate of drug-likeness (QED) is 0.537. The number of benzene rings is 1. The zero-order valence-corrected chi connectivity index (χ0v) is 15.1. The van der Waals surface area contributed by atoms with Crippen molar-refractivity contribution in [3.63, 3.8) is 0 Å². The van der Waals surface area contributed by atoms with Gasteiger partial charge in [0.25, 0.3) is 0 Å². The first kappa shape index (κ1) is 19.7. The third-order valence-corrected chi connectivity index (χ3v) is 3.94. The van der Waals surface area contributed by atoms with Crippen molar-refractivity contribution in [1.82, 2.24) is 0 Å². The first-order chi connectivity index (χ1) is 11.1. The molecule has 0 spiro atoms. The summed E-state index contributed by atoms with van der Waals surface area (Å²) >= 11 is 0. The fraction of sp³-hybridized carbons (Fsp3) is 0.650. The van der Waals surface area contributed by atoms with E-state index in [0.29, 0.717) is 18.1 Å². The van der Waals surface area contributed by atoms with Gasteiger partial charge in [0.05, 0.1) is 12.2 Å². The maximum Gasteiger partial charge on any atom is 0.338 e. The molecule has 3 heteroatoms. The van der Waals surface area contributed by atoms with E-state index < -0.39 is 0 Å². The molecule has 0 aliphatic carbocycles. The highest BCUT2D eigenvalue weighted by molar-refractivity contribution is 5.89. The second-order valence-corrected chi connectivity index (χ2v) is 6.61. The first-order valence-electron chi connectivity index (χ1n) is 8.85. The van der Waals surface area contributed by atoms with Crippen LogP contribution in [-0.2, 0) is 15.9 Å². The average molecular weight is 320 g/mol. The highest BCUT2D eigenvalue weighted by Crippen LogP contribution is 2.14. The lowest BCUT2D eigenvalue weighted by molar-refractivity contribution is 0.00219. The van der Waals surface area contributed by atoms with Crippen LogP contribution in [0.5, 0.6) is 0 Å². The van der Waals surface area contributed by atoms with Crippen molar-refractivity contribution in [2.45, 2.75) is 65.4 Å². The molecule has 0 aliphatic heterocycles. The Bertz CT molecular complexity index is 437. The molecular formula is C20H32O3. The molecule has 23 heavy (non-hydrogen) atoms. The lowest BCUT2D eigenvalue weighted by Crippen LogP contribution is -2.23. The third-order valence-electron chi connectivity index (χ3n) is 3.94. The van der Waals surface area contributed by atoms with E-state index in [-0.39, 0.29) is 12.1 Å². The molecule has 0 radical (unpaired) electrons. The Morgan fingerprint density at radius 1 is 1.09 bits per heavy atom. The number of carbonyl (C=O) groups excluding carboxylic acids is 1. The predicted octanol–water partition coefficient (Wildman–Crippen LogP) is 5.03. The van der Waals surface area contributed by atoms with Gasteiger partial charge in [-0.2, -0.15) is 0 Å². The Morgan fingerprint density at radius 2 is 1.78 bits per heavy atom. The number of hydrogen-bond donors (Lipinski definition) is 0. The molecule has 0 heterocycles. The Kier molecular flexibility index (Phi) is 9.61. The molecule has 0 aromatic heterocycles. The molecular weight excluding hydrogens is 288 g/mol. The van der Waals surface area contributed by atoms with Crippen LogP contribution < -0.4 is 0 Å². The van der Waals surface area contributed by atoms with Gasteiger partial charge in [0, 0.05) is 7.11 Å². The van der Waals surface area contributed by atoms with Gasteiger partial charge in [-0.1, -0.05) is 45.7 Å². The van der Waals surface area contributed by atoms with Crippen LogP contribution in [0.15, 0.2) is 24.3 Å². The van der Waals surface area contributed by atoms with Crippen molar-refractivity contribution in [3.8, 4) is 0 Å². The Morgan fingerprint density at radius 3 is 2.35 bits per heavy atom. The van der Waals surface area contributed by atoms with Gasteiger partial charge in [0.2, 0.25) is 0 Å². The number of unbranched alkanes of at least 4 members (excludes halogenated alkanes) is 1. The van der Waals surface area contributed by atoms with E-state index in [9.17, 15) is 4.79 Å². The Labute approximate surface area is 141 Å². The predicted molar refractivity (Wildman–Crippen MR) is 94.8 cm³/mol. The number of carbonyl (C=O) groups is 1. The zero-order chi connectivity index (χ0) is 17.1. The van der Waals surface area contributed by atoms with Crippen molar-refractivity contribution < 1.29 is 14.3 Å². The molecule has 0 N–H and O–H groups in total. The molecule has 1 rings (SSSR count). The summed E-state index contributed by atoms with van der Waals surface area (Å²) in [5.41, 5.74) is 1.89. The minimum absolute atomic E-state index is 0.161. The lowest BCUT2D eigenvalue weighted by Gasteiger charge is -2.17. The summed E-state index contributed by atoms with van der Waals surface area (Å²) in [7, 11) is 1.64. The largest absolute Gasteiger partial charge is 0.456 e. The van der Waals surface area contributed by atoms with Crippen molar-refractivity contribution in [3.05, 3.63) is 35.4 Å². The molecule has 0 saturated heterocycles. The minimum Gasteiger partial charge on any atom is -0.456 e. The van der Waals surface area contributed by atoms with Gasteiger partial charge in [0.15, 0.2) is 0 Å². The SMILES string of the molecule is CCCCc1ccc(C(=O)OC(CCCC(C)C)COC)cc1. The molecule has 0 aliphatic rings. The molecule has 1 aromatic rings. The van der Waals surface area contributed by atoms with E-state index in [4.69, 9.17) is 9.47 Å². The van der Waals surface area contributed by atoms with Crippen LogP contribution in [0, 0.1) is 5.92 Å². The van der Waals surface area contributed by atoms with Crippen LogP contribution in [0.2, 0.25) is 0 Å². The molecule has 1 atom stereocenters. The highest BCUT2D eigenvalue weighted by Gasteiger charge is 2.16. The number of rotatable bonds is 11. The molecule has 3 nitrogen and oxygen atoms in total. The van der Waals surface area contributed by atoms with Crippen LogP contribution in [0.1, 0.15) is 68.8 Å². The number of methoxy groups -OCH3 is 1. The normalized spacial score (nSPS) is 12.4. The van der Waals surface area contributed by atoms with Crippen molar-refractivity contribution >= 4 is 5.97 Å². The summed E-state index contributed by atoms with van der Waals surface area (Å²) in [5.74, 6) is 0.420.